The van der Waals surface area contributed by atoms with Crippen LogP contribution in [-0.2, 0) is 4.79 Å². The minimum absolute atomic E-state index is 0.118. The van der Waals surface area contributed by atoms with Crippen LogP contribution in [0.3, 0.4) is 0 Å². The number of nitrogens with two attached hydrogens (primary N) is 1. The van der Waals surface area contributed by atoms with Crippen molar-refractivity contribution < 1.29 is 9.90 Å². The third-order valence-corrected chi connectivity index (χ3v) is 2.31. The summed E-state index contributed by atoms with van der Waals surface area (Å²) in [7, 11) is 0. The Hall–Kier alpha value is -0.830. The van der Waals surface area contributed by atoms with Crippen LogP contribution in [0.15, 0.2) is 12.2 Å². The van der Waals surface area contributed by atoms with E-state index in [0.29, 0.717) is 12.5 Å². The molecule has 3 N–H and O–H groups in total. The second-order valence-electron chi connectivity index (χ2n) is 3.85. The number of carboxylic acid groups (broad SMARTS) is 1. The van der Waals surface area contributed by atoms with Gasteiger partial charge in [-0.15, -0.1) is 0 Å². The Balaban J connectivity index is 3.85. The number of rotatable bonds is 7. The Labute approximate surface area is 86.0 Å². The molecule has 0 aromatic rings. The van der Waals surface area contributed by atoms with Crippen LogP contribution < -0.4 is 5.73 Å². The number of hydrogen-bond acceptors (Lipinski definition) is 2. The zero-order chi connectivity index (χ0) is 11.0. The average Bonchev–Trinajstić information content (AvgIpc) is 2.12. The standard InChI is InChI=1S/C11H21NO2/c1-3-4-5-9(2)6-10(8-12)7-11(13)14/h3-4,9-10H,5-8,12H2,1-2H3,(H,13,14)/b4-3+/t9?,10-/m0/s1. The number of hydrogen-bond donors (Lipinski definition) is 2. The highest BCUT2D eigenvalue weighted by Gasteiger charge is 2.14. The number of carbonyl (C=O) groups is 1. The largest absolute Gasteiger partial charge is 0.481 e. The smallest absolute Gasteiger partial charge is 0.303 e. The lowest BCUT2D eigenvalue weighted by molar-refractivity contribution is -0.138. The molecule has 0 heterocycles. The van der Waals surface area contributed by atoms with E-state index < -0.39 is 5.97 Å². The Morgan fingerprint density at radius 1 is 1.57 bits per heavy atom. The highest BCUT2D eigenvalue weighted by Crippen LogP contribution is 2.17. The van der Waals surface area contributed by atoms with Crippen molar-refractivity contribution >= 4 is 5.97 Å². The molecular formula is C11H21NO2. The molecule has 0 rings (SSSR count). The van der Waals surface area contributed by atoms with Crippen LogP contribution in [0.25, 0.3) is 0 Å². The van der Waals surface area contributed by atoms with Crippen LogP contribution in [0.1, 0.15) is 33.1 Å². The molecule has 3 nitrogen and oxygen atoms in total. The van der Waals surface area contributed by atoms with Gasteiger partial charge in [0.15, 0.2) is 0 Å². The first-order valence-corrected chi connectivity index (χ1v) is 5.13. The van der Waals surface area contributed by atoms with Crippen molar-refractivity contribution in [2.45, 2.75) is 33.1 Å². The maximum absolute atomic E-state index is 10.5. The molecule has 0 aliphatic rings. The second kappa shape index (κ2) is 7.56. The summed E-state index contributed by atoms with van der Waals surface area (Å²) < 4.78 is 0. The molecule has 0 fully saturated rings. The second-order valence-corrected chi connectivity index (χ2v) is 3.85. The maximum Gasteiger partial charge on any atom is 0.303 e. The van der Waals surface area contributed by atoms with E-state index in [-0.39, 0.29) is 12.3 Å². The number of carboxylic acids is 1. The van der Waals surface area contributed by atoms with Gasteiger partial charge in [-0.2, -0.15) is 0 Å². The van der Waals surface area contributed by atoms with Gasteiger partial charge in [-0.05, 0) is 38.1 Å². The molecule has 0 aliphatic heterocycles. The van der Waals surface area contributed by atoms with Gasteiger partial charge in [-0.1, -0.05) is 19.1 Å². The molecule has 0 spiro atoms. The highest BCUT2D eigenvalue weighted by molar-refractivity contribution is 5.67. The van der Waals surface area contributed by atoms with Crippen LogP contribution >= 0.6 is 0 Å². The third-order valence-electron chi connectivity index (χ3n) is 2.31. The van der Waals surface area contributed by atoms with E-state index >= 15 is 0 Å². The van der Waals surface area contributed by atoms with E-state index in [1.807, 2.05) is 13.0 Å². The van der Waals surface area contributed by atoms with E-state index in [9.17, 15) is 4.79 Å². The fraction of sp³-hybridized carbons (Fsp3) is 0.727. The maximum atomic E-state index is 10.5. The topological polar surface area (TPSA) is 63.3 Å². The van der Waals surface area contributed by atoms with E-state index in [2.05, 4.69) is 13.0 Å². The summed E-state index contributed by atoms with van der Waals surface area (Å²) in [6, 6.07) is 0. The third kappa shape index (κ3) is 6.66. The monoisotopic (exact) mass is 199 g/mol. The zero-order valence-corrected chi connectivity index (χ0v) is 9.07. The summed E-state index contributed by atoms with van der Waals surface area (Å²) in [6.07, 6.45) is 6.22. The van der Waals surface area contributed by atoms with Crippen LogP contribution in [0.4, 0.5) is 0 Å². The van der Waals surface area contributed by atoms with Crippen molar-refractivity contribution in [1.29, 1.82) is 0 Å². The molecule has 14 heavy (non-hydrogen) atoms. The summed E-state index contributed by atoms with van der Waals surface area (Å²) in [6.45, 7) is 4.58. The van der Waals surface area contributed by atoms with E-state index in [1.165, 1.54) is 0 Å². The summed E-state index contributed by atoms with van der Waals surface area (Å²) in [5, 5.41) is 8.63. The first-order chi connectivity index (χ1) is 6.60. The summed E-state index contributed by atoms with van der Waals surface area (Å²) in [5.41, 5.74) is 5.52. The Morgan fingerprint density at radius 3 is 2.64 bits per heavy atom. The fourth-order valence-corrected chi connectivity index (χ4v) is 1.54. The Morgan fingerprint density at radius 2 is 2.21 bits per heavy atom. The molecule has 0 saturated carbocycles. The number of allylic oxidation sites excluding steroid dienone is 2. The molecule has 0 amide bonds. The van der Waals surface area contributed by atoms with E-state index in [4.69, 9.17) is 10.8 Å². The van der Waals surface area contributed by atoms with Crippen LogP contribution in [0, 0.1) is 11.8 Å². The molecule has 0 saturated heterocycles. The number of aliphatic carboxylic acids is 1. The molecule has 1 unspecified atom stereocenters. The first-order valence-electron chi connectivity index (χ1n) is 5.13. The van der Waals surface area contributed by atoms with Gasteiger partial charge in [0.2, 0.25) is 0 Å². The van der Waals surface area contributed by atoms with Crippen molar-refractivity contribution in [3.63, 3.8) is 0 Å². The zero-order valence-electron chi connectivity index (χ0n) is 9.07. The quantitative estimate of drug-likeness (QED) is 0.617. The van der Waals surface area contributed by atoms with Crippen molar-refractivity contribution in [3.8, 4) is 0 Å². The average molecular weight is 199 g/mol. The normalized spacial score (nSPS) is 15.6. The van der Waals surface area contributed by atoms with Crippen LogP contribution in [0.2, 0.25) is 0 Å². The SMILES string of the molecule is C/C=C/CC(C)C[C@H](CN)CC(=O)O. The Bertz CT molecular complexity index is 190. The summed E-state index contributed by atoms with van der Waals surface area (Å²) in [4.78, 5) is 10.5. The van der Waals surface area contributed by atoms with Gasteiger partial charge in [-0.3, -0.25) is 4.79 Å². The molecule has 2 atom stereocenters. The summed E-state index contributed by atoms with van der Waals surface area (Å²) in [5.74, 6) is -0.120. The lowest BCUT2D eigenvalue weighted by atomic mass is 9.91. The first kappa shape index (κ1) is 13.2. The lowest BCUT2D eigenvalue weighted by Crippen LogP contribution is -2.20. The molecule has 0 bridgehead atoms. The molecule has 0 aromatic heterocycles. The molecule has 0 aromatic carbocycles. The molecular weight excluding hydrogens is 178 g/mol. The summed E-state index contributed by atoms with van der Waals surface area (Å²) >= 11 is 0. The molecule has 3 heteroatoms. The Kier molecular flexibility index (Phi) is 7.11. The van der Waals surface area contributed by atoms with Gasteiger partial charge < -0.3 is 10.8 Å². The van der Waals surface area contributed by atoms with Crippen LogP contribution in [-0.4, -0.2) is 17.6 Å². The van der Waals surface area contributed by atoms with E-state index in [1.54, 1.807) is 0 Å². The predicted molar refractivity (Wildman–Crippen MR) is 58.0 cm³/mol. The minimum atomic E-state index is -0.751. The minimum Gasteiger partial charge on any atom is -0.481 e. The molecule has 0 aliphatic carbocycles. The highest BCUT2D eigenvalue weighted by atomic mass is 16.4. The van der Waals surface area contributed by atoms with Crippen molar-refractivity contribution in [3.05, 3.63) is 12.2 Å². The lowest BCUT2D eigenvalue weighted by Gasteiger charge is -2.16. The van der Waals surface area contributed by atoms with Crippen LogP contribution in [0.5, 0.6) is 0 Å². The van der Waals surface area contributed by atoms with Crippen molar-refractivity contribution in [2.75, 3.05) is 6.54 Å². The van der Waals surface area contributed by atoms with Gasteiger partial charge in [0, 0.05) is 6.42 Å². The molecule has 0 radical (unpaired) electrons. The fourth-order valence-electron chi connectivity index (χ4n) is 1.54. The van der Waals surface area contributed by atoms with Gasteiger partial charge in [0.1, 0.15) is 0 Å². The van der Waals surface area contributed by atoms with Gasteiger partial charge in [0.05, 0.1) is 0 Å². The van der Waals surface area contributed by atoms with Crippen molar-refractivity contribution in [2.24, 2.45) is 17.6 Å². The van der Waals surface area contributed by atoms with Gasteiger partial charge in [0.25, 0.3) is 0 Å². The predicted octanol–water partition coefficient (Wildman–Crippen LogP) is 2.03. The van der Waals surface area contributed by atoms with E-state index in [0.717, 1.165) is 12.8 Å². The van der Waals surface area contributed by atoms with Gasteiger partial charge in [-0.25, -0.2) is 0 Å². The van der Waals surface area contributed by atoms with Gasteiger partial charge >= 0.3 is 5.97 Å². The van der Waals surface area contributed by atoms with Crippen molar-refractivity contribution in [1.82, 2.24) is 0 Å². The molecule has 82 valence electrons.